The highest BCUT2D eigenvalue weighted by atomic mass is 32.1. The first-order chi connectivity index (χ1) is 8.69. The Morgan fingerprint density at radius 3 is 2.89 bits per heavy atom. The molecule has 0 spiro atoms. The van der Waals surface area contributed by atoms with Crippen LogP contribution in [0.3, 0.4) is 0 Å². The molecule has 1 aromatic heterocycles. The van der Waals surface area contributed by atoms with Crippen LogP contribution in [-0.2, 0) is 12.2 Å². The zero-order chi connectivity index (χ0) is 13.0. The predicted molar refractivity (Wildman–Crippen MR) is 79.9 cm³/mol. The van der Waals surface area contributed by atoms with Gasteiger partial charge in [-0.2, -0.15) is 12.6 Å². The topological polar surface area (TPSA) is 22.1 Å². The van der Waals surface area contributed by atoms with Gasteiger partial charge in [-0.05, 0) is 31.0 Å². The Balaban J connectivity index is 1.90. The number of ether oxygens (including phenoxy) is 1. The first-order valence-electron chi connectivity index (χ1n) is 5.93. The minimum absolute atomic E-state index is 0.670. The van der Waals surface area contributed by atoms with Crippen LogP contribution in [0.2, 0.25) is 0 Å². The van der Waals surface area contributed by atoms with E-state index in [1.165, 1.54) is 16.0 Å². The van der Waals surface area contributed by atoms with Gasteiger partial charge in [0.25, 0.3) is 0 Å². The summed E-state index contributed by atoms with van der Waals surface area (Å²) in [7, 11) is 0. The van der Waals surface area contributed by atoms with Gasteiger partial charge in [-0.15, -0.1) is 11.3 Å². The molecular weight excluding hydrogens is 262 g/mol. The second-order valence-electron chi connectivity index (χ2n) is 4.25. The molecule has 0 bridgehead atoms. The maximum absolute atomic E-state index is 5.81. The van der Waals surface area contributed by atoms with Crippen molar-refractivity contribution in [2.45, 2.75) is 26.0 Å². The summed E-state index contributed by atoms with van der Waals surface area (Å²) in [6.07, 6.45) is 2.75. The third-order valence-electron chi connectivity index (χ3n) is 2.67. The van der Waals surface area contributed by atoms with Crippen molar-refractivity contribution < 1.29 is 4.74 Å². The molecule has 0 N–H and O–H groups in total. The smallest absolute Gasteiger partial charge is 0.122 e. The van der Waals surface area contributed by atoms with Crippen LogP contribution in [0, 0.1) is 13.8 Å². The fourth-order valence-electron chi connectivity index (χ4n) is 1.65. The summed E-state index contributed by atoms with van der Waals surface area (Å²) >= 11 is 5.94. The molecule has 0 radical (unpaired) electrons. The van der Waals surface area contributed by atoms with Gasteiger partial charge in [0.15, 0.2) is 0 Å². The lowest BCUT2D eigenvalue weighted by atomic mass is 10.1. The van der Waals surface area contributed by atoms with Crippen LogP contribution in [0.4, 0.5) is 0 Å². The average Bonchev–Trinajstić information content (AvgIpc) is 2.81. The largest absolute Gasteiger partial charge is 0.493 e. The van der Waals surface area contributed by atoms with Gasteiger partial charge in [0.1, 0.15) is 5.75 Å². The van der Waals surface area contributed by atoms with E-state index in [9.17, 15) is 0 Å². The molecule has 0 aliphatic heterocycles. The number of aryl methyl sites for hydroxylation is 2. The van der Waals surface area contributed by atoms with Crippen LogP contribution in [0.15, 0.2) is 24.4 Å². The molecule has 0 saturated heterocycles. The number of thiol groups is 1. The van der Waals surface area contributed by atoms with Gasteiger partial charge < -0.3 is 4.74 Å². The first-order valence-corrected chi connectivity index (χ1v) is 7.38. The molecule has 0 atom stereocenters. The Kier molecular flexibility index (Phi) is 4.66. The monoisotopic (exact) mass is 279 g/mol. The van der Waals surface area contributed by atoms with Crippen molar-refractivity contribution in [2.75, 3.05) is 6.61 Å². The van der Waals surface area contributed by atoms with E-state index in [-0.39, 0.29) is 0 Å². The summed E-state index contributed by atoms with van der Waals surface area (Å²) < 4.78 is 5.81. The molecule has 0 amide bonds. The van der Waals surface area contributed by atoms with E-state index in [0.717, 1.165) is 22.9 Å². The number of aromatic nitrogens is 1. The minimum atomic E-state index is 0.670. The fourth-order valence-corrected chi connectivity index (χ4v) is 2.69. The zero-order valence-electron chi connectivity index (χ0n) is 10.6. The summed E-state index contributed by atoms with van der Waals surface area (Å²) in [5, 5.41) is 1.12. The Morgan fingerprint density at radius 1 is 1.33 bits per heavy atom. The molecule has 4 heteroatoms. The van der Waals surface area contributed by atoms with E-state index in [0.29, 0.717) is 6.61 Å². The second-order valence-corrected chi connectivity index (χ2v) is 5.76. The summed E-state index contributed by atoms with van der Waals surface area (Å²) in [6, 6.07) is 6.27. The highest BCUT2D eigenvalue weighted by Gasteiger charge is 2.03. The van der Waals surface area contributed by atoms with E-state index in [2.05, 4.69) is 49.7 Å². The maximum Gasteiger partial charge on any atom is 0.122 e. The molecule has 2 rings (SSSR count). The molecule has 0 unspecified atom stereocenters. The van der Waals surface area contributed by atoms with E-state index in [1.54, 1.807) is 11.3 Å². The van der Waals surface area contributed by atoms with Crippen LogP contribution in [-0.4, -0.2) is 11.6 Å². The van der Waals surface area contributed by atoms with Gasteiger partial charge >= 0.3 is 0 Å². The lowest BCUT2D eigenvalue weighted by molar-refractivity contribution is 0.319. The zero-order valence-corrected chi connectivity index (χ0v) is 12.4. The van der Waals surface area contributed by atoms with Gasteiger partial charge in [0.2, 0.25) is 0 Å². The number of benzene rings is 1. The minimum Gasteiger partial charge on any atom is -0.493 e. The van der Waals surface area contributed by atoms with E-state index >= 15 is 0 Å². The Hall–Kier alpha value is -1.000. The van der Waals surface area contributed by atoms with Crippen LogP contribution in [0.5, 0.6) is 5.75 Å². The average molecular weight is 279 g/mol. The van der Waals surface area contributed by atoms with Crippen molar-refractivity contribution in [3.05, 3.63) is 45.4 Å². The predicted octanol–water partition coefficient (Wildman–Crippen LogP) is 3.81. The van der Waals surface area contributed by atoms with Crippen LogP contribution in [0.1, 0.15) is 21.0 Å². The third-order valence-corrected chi connectivity index (χ3v) is 4.29. The summed E-state index contributed by atoms with van der Waals surface area (Å²) in [5.74, 6) is 1.73. The third kappa shape index (κ3) is 3.50. The lowest BCUT2D eigenvalue weighted by Gasteiger charge is -2.08. The SMILES string of the molecule is Cc1ccc(C)c(OCCc2ncc(CS)s2)c1. The van der Waals surface area contributed by atoms with Crippen molar-refractivity contribution in [3.63, 3.8) is 0 Å². The molecule has 2 aromatic rings. The molecular formula is C14H17NOS2. The lowest BCUT2D eigenvalue weighted by Crippen LogP contribution is -2.02. The van der Waals surface area contributed by atoms with Gasteiger partial charge in [-0.25, -0.2) is 4.98 Å². The van der Waals surface area contributed by atoms with Crippen molar-refractivity contribution in [1.29, 1.82) is 0 Å². The number of thiazole rings is 1. The van der Waals surface area contributed by atoms with Crippen LogP contribution < -0.4 is 4.74 Å². The Morgan fingerprint density at radius 2 is 2.17 bits per heavy atom. The number of hydrogen-bond donors (Lipinski definition) is 1. The van der Waals surface area contributed by atoms with Crippen molar-refractivity contribution >= 4 is 24.0 Å². The summed E-state index contributed by atoms with van der Waals surface area (Å²) in [5.41, 5.74) is 2.40. The van der Waals surface area contributed by atoms with Crippen molar-refractivity contribution in [1.82, 2.24) is 4.98 Å². The highest BCUT2D eigenvalue weighted by Crippen LogP contribution is 2.20. The molecule has 1 heterocycles. The fraction of sp³-hybridized carbons (Fsp3) is 0.357. The van der Waals surface area contributed by atoms with Gasteiger partial charge in [0, 0.05) is 23.2 Å². The molecule has 96 valence electrons. The normalized spacial score (nSPS) is 10.6. The second kappa shape index (κ2) is 6.25. The first kappa shape index (κ1) is 13.4. The van der Waals surface area contributed by atoms with Crippen LogP contribution in [0.25, 0.3) is 0 Å². The quantitative estimate of drug-likeness (QED) is 0.841. The molecule has 0 fully saturated rings. The van der Waals surface area contributed by atoms with E-state index in [1.807, 2.05) is 6.20 Å². The Labute approximate surface area is 117 Å². The number of nitrogens with zero attached hydrogens (tertiary/aromatic N) is 1. The highest BCUT2D eigenvalue weighted by molar-refractivity contribution is 7.79. The van der Waals surface area contributed by atoms with Gasteiger partial charge in [0.05, 0.1) is 11.6 Å². The van der Waals surface area contributed by atoms with Crippen LogP contribution >= 0.6 is 24.0 Å². The molecule has 0 aliphatic carbocycles. The van der Waals surface area contributed by atoms with Gasteiger partial charge in [-0.1, -0.05) is 12.1 Å². The molecule has 2 nitrogen and oxygen atoms in total. The molecule has 0 saturated carbocycles. The molecule has 1 aromatic carbocycles. The Bertz CT molecular complexity index is 522. The number of rotatable bonds is 5. The standard InChI is InChI=1S/C14H17NOS2/c1-10-3-4-11(2)13(7-10)16-6-5-14-15-8-12(9-17)18-14/h3-4,7-8,17H,5-6,9H2,1-2H3. The van der Waals surface area contributed by atoms with Crippen molar-refractivity contribution in [2.24, 2.45) is 0 Å². The summed E-state index contributed by atoms with van der Waals surface area (Å²) in [6.45, 7) is 4.81. The summed E-state index contributed by atoms with van der Waals surface area (Å²) in [4.78, 5) is 5.56. The number of hydrogen-bond acceptors (Lipinski definition) is 4. The van der Waals surface area contributed by atoms with E-state index in [4.69, 9.17) is 4.74 Å². The molecule has 0 aliphatic rings. The van der Waals surface area contributed by atoms with E-state index < -0.39 is 0 Å². The van der Waals surface area contributed by atoms with Crippen molar-refractivity contribution in [3.8, 4) is 5.75 Å². The molecule has 18 heavy (non-hydrogen) atoms. The van der Waals surface area contributed by atoms with Gasteiger partial charge in [-0.3, -0.25) is 0 Å². The maximum atomic E-state index is 5.81.